The van der Waals surface area contributed by atoms with Gasteiger partial charge in [-0.15, -0.1) is 0 Å². The number of sulfonamides is 1. The van der Waals surface area contributed by atoms with E-state index in [-0.39, 0.29) is 29.8 Å². The van der Waals surface area contributed by atoms with Crippen LogP contribution in [0.4, 0.5) is 0 Å². The Morgan fingerprint density at radius 3 is 2.61 bits per heavy atom. The number of nitrogens with zero attached hydrogens (tertiary/aromatic N) is 1. The van der Waals surface area contributed by atoms with Crippen LogP contribution in [0.3, 0.4) is 0 Å². The molecule has 1 aromatic rings. The summed E-state index contributed by atoms with van der Waals surface area (Å²) in [6, 6.07) is 5.90. The summed E-state index contributed by atoms with van der Waals surface area (Å²) in [5.41, 5.74) is 0. The minimum absolute atomic E-state index is 0.0597. The van der Waals surface area contributed by atoms with Crippen molar-refractivity contribution in [3.05, 3.63) is 29.3 Å². The normalized spacial score (nSPS) is 18.5. The van der Waals surface area contributed by atoms with E-state index in [1.807, 2.05) is 6.92 Å². The van der Waals surface area contributed by atoms with E-state index >= 15 is 0 Å². The van der Waals surface area contributed by atoms with E-state index in [4.69, 9.17) is 16.3 Å². The maximum Gasteiger partial charge on any atom is 0.307 e. The largest absolute Gasteiger partial charge is 0.452 e. The highest BCUT2D eigenvalue weighted by Gasteiger charge is 2.30. The number of likely N-dealkylation sites (tertiary alicyclic amines) is 1. The minimum atomic E-state index is -3.74. The summed E-state index contributed by atoms with van der Waals surface area (Å²) < 4.78 is 31.9. The zero-order valence-corrected chi connectivity index (χ0v) is 17.8. The lowest BCUT2D eigenvalue weighted by Gasteiger charge is -2.36. The van der Waals surface area contributed by atoms with Crippen molar-refractivity contribution in [3.63, 3.8) is 0 Å². The summed E-state index contributed by atoms with van der Waals surface area (Å²) >= 11 is 5.75. The summed E-state index contributed by atoms with van der Waals surface area (Å²) in [6.45, 7) is 4.16. The van der Waals surface area contributed by atoms with Gasteiger partial charge >= 0.3 is 5.97 Å². The summed E-state index contributed by atoms with van der Waals surface area (Å²) in [6.07, 6.45) is 2.85. The molecule has 2 rings (SSSR count). The van der Waals surface area contributed by atoms with Crippen LogP contribution < -0.4 is 4.72 Å². The smallest absolute Gasteiger partial charge is 0.307 e. The monoisotopic (exact) mass is 430 g/mol. The Kier molecular flexibility index (Phi) is 8.27. The van der Waals surface area contributed by atoms with Gasteiger partial charge in [0.1, 0.15) is 0 Å². The third-order valence-electron chi connectivity index (χ3n) is 4.78. The van der Waals surface area contributed by atoms with Crippen molar-refractivity contribution in [2.24, 2.45) is 0 Å². The molecule has 0 radical (unpaired) electrons. The highest BCUT2D eigenvalue weighted by atomic mass is 35.5. The molecule has 1 heterocycles. The number of carbonyl (C=O) groups is 2. The van der Waals surface area contributed by atoms with Crippen LogP contribution in [0.25, 0.3) is 0 Å². The SMILES string of the molecule is CCC1CCCCN1C(=O)C(C)OC(=O)CCNS(=O)(=O)c1ccc(Cl)cc1. The minimum Gasteiger partial charge on any atom is -0.452 e. The van der Waals surface area contributed by atoms with Crippen LogP contribution in [-0.4, -0.2) is 50.4 Å². The molecule has 28 heavy (non-hydrogen) atoms. The zero-order valence-electron chi connectivity index (χ0n) is 16.2. The molecule has 1 aliphatic heterocycles. The number of hydrogen-bond acceptors (Lipinski definition) is 5. The Balaban J connectivity index is 1.81. The first-order valence-corrected chi connectivity index (χ1v) is 11.4. The van der Waals surface area contributed by atoms with Crippen LogP contribution in [0.15, 0.2) is 29.2 Å². The second-order valence-electron chi connectivity index (χ2n) is 6.82. The van der Waals surface area contributed by atoms with Crippen molar-refractivity contribution < 1.29 is 22.7 Å². The fourth-order valence-corrected chi connectivity index (χ4v) is 4.40. The van der Waals surface area contributed by atoms with Crippen molar-refractivity contribution >= 4 is 33.5 Å². The number of nitrogens with one attached hydrogen (secondary N) is 1. The zero-order chi connectivity index (χ0) is 20.7. The standard InChI is InChI=1S/C19H27ClN2O5S/c1-3-16-6-4-5-13-22(16)19(24)14(2)27-18(23)11-12-21-28(25,26)17-9-7-15(20)8-10-17/h7-10,14,16,21H,3-6,11-13H2,1-2H3. The van der Waals surface area contributed by atoms with E-state index in [0.29, 0.717) is 11.6 Å². The lowest BCUT2D eigenvalue weighted by atomic mass is 9.99. The number of carbonyl (C=O) groups excluding carboxylic acids is 2. The molecule has 1 saturated heterocycles. The van der Waals surface area contributed by atoms with Crippen LogP contribution in [0.5, 0.6) is 0 Å². The molecule has 0 aromatic heterocycles. The average Bonchev–Trinajstić information content (AvgIpc) is 2.67. The molecular weight excluding hydrogens is 404 g/mol. The van der Waals surface area contributed by atoms with Crippen LogP contribution in [0, 0.1) is 0 Å². The van der Waals surface area contributed by atoms with E-state index < -0.39 is 22.1 Å². The highest BCUT2D eigenvalue weighted by Crippen LogP contribution is 2.21. The van der Waals surface area contributed by atoms with Crippen molar-refractivity contribution in [1.29, 1.82) is 0 Å². The number of benzene rings is 1. The van der Waals surface area contributed by atoms with Gasteiger partial charge in [0.2, 0.25) is 10.0 Å². The summed E-state index contributed by atoms with van der Waals surface area (Å²) in [5.74, 6) is -0.814. The quantitative estimate of drug-likeness (QED) is 0.640. The summed E-state index contributed by atoms with van der Waals surface area (Å²) in [7, 11) is -3.74. The van der Waals surface area contributed by atoms with Crippen LogP contribution >= 0.6 is 11.6 Å². The van der Waals surface area contributed by atoms with Crippen molar-refractivity contribution in [3.8, 4) is 0 Å². The van der Waals surface area contributed by atoms with Gasteiger partial charge in [-0.05, 0) is 56.9 Å². The third kappa shape index (κ3) is 6.18. The van der Waals surface area contributed by atoms with Crippen molar-refractivity contribution in [2.45, 2.75) is 63.0 Å². The number of halogens is 1. The molecule has 0 spiro atoms. The van der Waals surface area contributed by atoms with Gasteiger partial charge < -0.3 is 9.64 Å². The van der Waals surface area contributed by atoms with Gasteiger partial charge in [-0.3, -0.25) is 9.59 Å². The number of rotatable bonds is 8. The van der Waals surface area contributed by atoms with Crippen molar-refractivity contribution in [2.75, 3.05) is 13.1 Å². The van der Waals surface area contributed by atoms with E-state index in [1.165, 1.54) is 24.3 Å². The van der Waals surface area contributed by atoms with Gasteiger partial charge in [0.05, 0.1) is 11.3 Å². The second-order valence-corrected chi connectivity index (χ2v) is 9.03. The van der Waals surface area contributed by atoms with Gasteiger partial charge in [0.15, 0.2) is 6.10 Å². The molecule has 0 aliphatic carbocycles. The fraction of sp³-hybridized carbons (Fsp3) is 0.579. The topological polar surface area (TPSA) is 92.8 Å². The van der Waals surface area contributed by atoms with E-state index in [9.17, 15) is 18.0 Å². The first-order chi connectivity index (χ1) is 13.2. The molecule has 1 amide bonds. The van der Waals surface area contributed by atoms with Crippen LogP contribution in [0.1, 0.15) is 46.0 Å². The molecule has 1 aromatic carbocycles. The number of hydrogen-bond donors (Lipinski definition) is 1. The Morgan fingerprint density at radius 1 is 1.29 bits per heavy atom. The Hall–Kier alpha value is -1.64. The molecule has 1 fully saturated rings. The van der Waals surface area contributed by atoms with Crippen LogP contribution in [0.2, 0.25) is 5.02 Å². The predicted octanol–water partition coefficient (Wildman–Crippen LogP) is 2.73. The highest BCUT2D eigenvalue weighted by molar-refractivity contribution is 7.89. The number of piperidine rings is 1. The van der Waals surface area contributed by atoms with Gasteiger partial charge in [0, 0.05) is 24.2 Å². The number of esters is 1. The molecule has 7 nitrogen and oxygen atoms in total. The maximum atomic E-state index is 12.6. The molecule has 9 heteroatoms. The molecule has 156 valence electrons. The first kappa shape index (κ1) is 22.6. The molecule has 2 unspecified atom stereocenters. The molecule has 1 aliphatic rings. The lowest BCUT2D eigenvalue weighted by molar-refractivity contribution is -0.160. The molecule has 1 N–H and O–H groups in total. The Bertz CT molecular complexity index is 782. The summed E-state index contributed by atoms with van der Waals surface area (Å²) in [4.78, 5) is 26.4. The van der Waals surface area contributed by atoms with E-state index in [1.54, 1.807) is 11.8 Å². The van der Waals surface area contributed by atoms with Gasteiger partial charge in [-0.25, -0.2) is 13.1 Å². The van der Waals surface area contributed by atoms with E-state index in [0.717, 1.165) is 25.7 Å². The van der Waals surface area contributed by atoms with Crippen LogP contribution in [-0.2, 0) is 24.3 Å². The molecule has 0 bridgehead atoms. The predicted molar refractivity (Wildman–Crippen MR) is 106 cm³/mol. The maximum absolute atomic E-state index is 12.6. The first-order valence-electron chi connectivity index (χ1n) is 9.49. The van der Waals surface area contributed by atoms with Gasteiger partial charge in [-0.1, -0.05) is 18.5 Å². The molecular formula is C19H27ClN2O5S. The number of ether oxygens (including phenoxy) is 1. The van der Waals surface area contributed by atoms with Gasteiger partial charge in [0.25, 0.3) is 5.91 Å². The van der Waals surface area contributed by atoms with E-state index in [2.05, 4.69) is 4.72 Å². The number of amides is 1. The fourth-order valence-electron chi connectivity index (χ4n) is 3.24. The van der Waals surface area contributed by atoms with Gasteiger partial charge in [-0.2, -0.15) is 0 Å². The second kappa shape index (κ2) is 10.2. The lowest BCUT2D eigenvalue weighted by Crippen LogP contribution is -2.48. The Morgan fingerprint density at radius 2 is 1.96 bits per heavy atom. The third-order valence-corrected chi connectivity index (χ3v) is 6.51. The molecule has 0 saturated carbocycles. The summed E-state index contributed by atoms with van der Waals surface area (Å²) in [5, 5.41) is 0.431. The Labute approximate surface area is 171 Å². The molecule has 2 atom stereocenters. The average molecular weight is 431 g/mol. The van der Waals surface area contributed by atoms with Crippen molar-refractivity contribution in [1.82, 2.24) is 9.62 Å².